The van der Waals surface area contributed by atoms with E-state index in [0.717, 1.165) is 12.8 Å². The molecule has 1 saturated heterocycles. The number of likely N-dealkylation sites (tertiary alicyclic amines) is 1. The molecule has 3 N–H and O–H groups in total. The second-order valence-electron chi connectivity index (χ2n) is 8.84. The number of carbonyl (C=O) groups is 2. The van der Waals surface area contributed by atoms with Gasteiger partial charge in [-0.3, -0.25) is 9.59 Å². The molecule has 3 rings (SSSR count). The Morgan fingerprint density at radius 1 is 1.32 bits per heavy atom. The molecule has 1 aliphatic heterocycles. The summed E-state index contributed by atoms with van der Waals surface area (Å²) in [6, 6.07) is -0.682. The van der Waals surface area contributed by atoms with Crippen LogP contribution in [0.4, 0.5) is 20.5 Å². The average molecular weight is 483 g/mol. The molecule has 0 aromatic carbocycles. The standard InChI is InChI=1S/C22H32F2N6O4/c1-13(12-34-21(23)24)27-22-26-10-18(20(33)28-16-7-8-30(11-16)14(2)31)19(29-22)25-9-15-3-5-17(32)6-4-15/h9-10,13,15-17,21,32H,3-8,11-12H2,1-2H3,(H,28,33)(H,26,27,29)/t13-,15?,16-,17?/m0/s1. The van der Waals surface area contributed by atoms with Crippen LogP contribution in [-0.4, -0.2) is 82.5 Å². The van der Waals surface area contributed by atoms with E-state index < -0.39 is 18.6 Å². The molecule has 12 heteroatoms. The number of nitrogens with one attached hydrogen (secondary N) is 2. The normalized spacial score (nSPS) is 23.9. The molecule has 0 unspecified atom stereocenters. The van der Waals surface area contributed by atoms with E-state index in [0.29, 0.717) is 32.4 Å². The molecule has 1 aromatic rings. The Balaban J connectivity index is 1.73. The average Bonchev–Trinajstić information content (AvgIpc) is 3.26. The molecule has 1 aromatic heterocycles. The molecule has 2 fully saturated rings. The van der Waals surface area contributed by atoms with Crippen LogP contribution in [0.1, 0.15) is 56.3 Å². The van der Waals surface area contributed by atoms with Crippen molar-refractivity contribution >= 4 is 29.8 Å². The number of amides is 2. The Hall–Kier alpha value is -2.73. The highest BCUT2D eigenvalue weighted by atomic mass is 19.3. The largest absolute Gasteiger partial charge is 0.393 e. The molecule has 1 saturated carbocycles. The Labute approximate surface area is 197 Å². The van der Waals surface area contributed by atoms with Crippen molar-refractivity contribution in [1.29, 1.82) is 0 Å². The van der Waals surface area contributed by atoms with Gasteiger partial charge in [-0.15, -0.1) is 0 Å². The number of ether oxygens (including phenoxy) is 1. The van der Waals surface area contributed by atoms with Gasteiger partial charge < -0.3 is 25.4 Å². The second-order valence-corrected chi connectivity index (χ2v) is 8.84. The van der Waals surface area contributed by atoms with Crippen LogP contribution < -0.4 is 10.6 Å². The lowest BCUT2D eigenvalue weighted by molar-refractivity contribution is -0.130. The number of halogens is 2. The van der Waals surface area contributed by atoms with Gasteiger partial charge in [-0.1, -0.05) is 0 Å². The zero-order valence-corrected chi connectivity index (χ0v) is 19.4. The molecular formula is C22H32F2N6O4. The number of aromatic nitrogens is 2. The van der Waals surface area contributed by atoms with Crippen molar-refractivity contribution in [3.05, 3.63) is 11.8 Å². The van der Waals surface area contributed by atoms with Crippen LogP contribution in [0, 0.1) is 5.92 Å². The zero-order valence-electron chi connectivity index (χ0n) is 19.4. The molecule has 188 valence electrons. The van der Waals surface area contributed by atoms with Crippen molar-refractivity contribution in [2.24, 2.45) is 10.9 Å². The van der Waals surface area contributed by atoms with E-state index in [1.165, 1.54) is 13.1 Å². The lowest BCUT2D eigenvalue weighted by atomic mass is 9.88. The first-order chi connectivity index (χ1) is 16.2. The molecule has 34 heavy (non-hydrogen) atoms. The topological polar surface area (TPSA) is 129 Å². The van der Waals surface area contributed by atoms with E-state index in [2.05, 4.69) is 30.3 Å². The Morgan fingerprint density at radius 3 is 2.71 bits per heavy atom. The maximum Gasteiger partial charge on any atom is 0.345 e. The molecule has 0 radical (unpaired) electrons. The van der Waals surface area contributed by atoms with Crippen LogP contribution in [0.2, 0.25) is 0 Å². The first-order valence-electron chi connectivity index (χ1n) is 11.5. The second kappa shape index (κ2) is 12.1. The highest BCUT2D eigenvalue weighted by Crippen LogP contribution is 2.25. The molecule has 2 aliphatic rings. The van der Waals surface area contributed by atoms with Crippen molar-refractivity contribution in [3.63, 3.8) is 0 Å². The summed E-state index contributed by atoms with van der Waals surface area (Å²) in [5.74, 6) is 0.00914. The first kappa shape index (κ1) is 25.9. The van der Waals surface area contributed by atoms with Gasteiger partial charge in [-0.25, -0.2) is 9.98 Å². The van der Waals surface area contributed by atoms with Crippen LogP contribution in [0.3, 0.4) is 0 Å². The molecular weight excluding hydrogens is 450 g/mol. The van der Waals surface area contributed by atoms with E-state index in [4.69, 9.17) is 0 Å². The van der Waals surface area contributed by atoms with Crippen molar-refractivity contribution in [2.45, 2.75) is 70.8 Å². The summed E-state index contributed by atoms with van der Waals surface area (Å²) >= 11 is 0. The molecule has 0 bridgehead atoms. The lowest BCUT2D eigenvalue weighted by Gasteiger charge is -2.22. The van der Waals surface area contributed by atoms with Crippen LogP contribution in [0.15, 0.2) is 11.2 Å². The Morgan fingerprint density at radius 2 is 2.06 bits per heavy atom. The number of rotatable bonds is 9. The predicted octanol–water partition coefficient (Wildman–Crippen LogP) is 2.12. The van der Waals surface area contributed by atoms with Crippen molar-refractivity contribution in [3.8, 4) is 0 Å². The number of anilines is 1. The number of aliphatic imine (C=N–C) groups is 1. The summed E-state index contributed by atoms with van der Waals surface area (Å²) in [4.78, 5) is 39.2. The summed E-state index contributed by atoms with van der Waals surface area (Å²) < 4.78 is 28.9. The molecule has 2 atom stereocenters. The highest BCUT2D eigenvalue weighted by molar-refractivity contribution is 5.98. The van der Waals surface area contributed by atoms with Gasteiger partial charge in [0.2, 0.25) is 11.9 Å². The summed E-state index contributed by atoms with van der Waals surface area (Å²) in [5.41, 5.74) is 0.176. The molecule has 2 heterocycles. The van der Waals surface area contributed by atoms with Gasteiger partial charge in [-0.2, -0.15) is 13.8 Å². The van der Waals surface area contributed by atoms with Gasteiger partial charge in [0.25, 0.3) is 5.91 Å². The zero-order chi connectivity index (χ0) is 24.7. The number of nitrogens with zero attached hydrogens (tertiary/aromatic N) is 4. The fourth-order valence-electron chi connectivity index (χ4n) is 4.03. The first-order valence-corrected chi connectivity index (χ1v) is 11.5. The highest BCUT2D eigenvalue weighted by Gasteiger charge is 2.27. The van der Waals surface area contributed by atoms with Crippen LogP contribution >= 0.6 is 0 Å². The minimum Gasteiger partial charge on any atom is -0.393 e. The minimum atomic E-state index is -2.88. The molecule has 10 nitrogen and oxygen atoms in total. The maximum atomic E-state index is 13.0. The Kier molecular flexibility index (Phi) is 9.22. The number of aliphatic hydroxyl groups excluding tert-OH is 1. The van der Waals surface area contributed by atoms with E-state index in [9.17, 15) is 23.5 Å². The lowest BCUT2D eigenvalue weighted by Crippen LogP contribution is -2.38. The van der Waals surface area contributed by atoms with Gasteiger partial charge in [0.05, 0.1) is 12.7 Å². The van der Waals surface area contributed by atoms with Gasteiger partial charge >= 0.3 is 6.61 Å². The third-order valence-electron chi connectivity index (χ3n) is 5.98. The van der Waals surface area contributed by atoms with Crippen LogP contribution in [-0.2, 0) is 9.53 Å². The van der Waals surface area contributed by atoms with Gasteiger partial charge in [0, 0.05) is 44.5 Å². The Bertz CT molecular complexity index is 879. The summed E-state index contributed by atoms with van der Waals surface area (Å²) in [7, 11) is 0. The summed E-state index contributed by atoms with van der Waals surface area (Å²) in [6.45, 7) is 1.03. The monoisotopic (exact) mass is 482 g/mol. The van der Waals surface area contributed by atoms with Gasteiger partial charge in [0.1, 0.15) is 5.56 Å². The van der Waals surface area contributed by atoms with E-state index in [1.807, 2.05) is 0 Å². The molecule has 1 aliphatic carbocycles. The fourth-order valence-corrected chi connectivity index (χ4v) is 4.03. The number of hydrogen-bond donors (Lipinski definition) is 3. The van der Waals surface area contributed by atoms with Crippen molar-refractivity contribution in [2.75, 3.05) is 25.0 Å². The minimum absolute atomic E-state index is 0.0386. The molecule has 2 amide bonds. The third-order valence-corrected chi connectivity index (χ3v) is 5.98. The van der Waals surface area contributed by atoms with Crippen LogP contribution in [0.25, 0.3) is 0 Å². The number of hydrogen-bond acceptors (Lipinski definition) is 8. The van der Waals surface area contributed by atoms with E-state index >= 15 is 0 Å². The fraction of sp³-hybridized carbons (Fsp3) is 0.682. The van der Waals surface area contributed by atoms with E-state index in [1.54, 1.807) is 18.0 Å². The SMILES string of the molecule is CC(=O)N1CC[C@H](NC(=O)c2cnc(N[C@@H](C)COC(F)F)nc2N=CC2CCC(O)CC2)C1. The summed E-state index contributed by atoms with van der Waals surface area (Å²) in [5, 5.41) is 15.5. The van der Waals surface area contributed by atoms with Gasteiger partial charge in [-0.05, 0) is 44.9 Å². The third kappa shape index (κ3) is 7.66. The number of carbonyl (C=O) groups excluding carboxylic acids is 2. The predicted molar refractivity (Wildman–Crippen MR) is 121 cm³/mol. The quantitative estimate of drug-likeness (QED) is 0.460. The van der Waals surface area contributed by atoms with Crippen molar-refractivity contribution < 1.29 is 28.2 Å². The van der Waals surface area contributed by atoms with Crippen LogP contribution in [0.5, 0.6) is 0 Å². The number of aliphatic hydroxyl groups is 1. The number of alkyl halides is 2. The summed E-state index contributed by atoms with van der Waals surface area (Å²) in [6.07, 6.45) is 6.40. The maximum absolute atomic E-state index is 13.0. The smallest absolute Gasteiger partial charge is 0.345 e. The van der Waals surface area contributed by atoms with Gasteiger partial charge in [0.15, 0.2) is 5.82 Å². The van der Waals surface area contributed by atoms with Crippen molar-refractivity contribution in [1.82, 2.24) is 20.2 Å². The van der Waals surface area contributed by atoms with E-state index in [-0.39, 0.29) is 47.9 Å². The molecule has 0 spiro atoms.